The molecule has 0 saturated carbocycles. The fourth-order valence-corrected chi connectivity index (χ4v) is 3.55. The molecule has 1 amide bonds. The number of aryl methyl sites for hydroxylation is 2. The molecule has 1 aliphatic rings. The maximum atomic E-state index is 13.0. The zero-order valence-corrected chi connectivity index (χ0v) is 14.8. The van der Waals surface area contributed by atoms with E-state index in [-0.39, 0.29) is 22.6 Å². The monoisotopic (exact) mass is 337 g/mol. The molecule has 0 atom stereocenters. The van der Waals surface area contributed by atoms with E-state index >= 15 is 0 Å². The van der Waals surface area contributed by atoms with Crippen molar-refractivity contribution in [1.82, 2.24) is 4.90 Å². The van der Waals surface area contributed by atoms with E-state index in [2.05, 4.69) is 13.2 Å². The number of amides is 1. The van der Waals surface area contributed by atoms with Crippen LogP contribution in [0.5, 0.6) is 0 Å². The van der Waals surface area contributed by atoms with Gasteiger partial charge in [-0.25, -0.2) is 0 Å². The molecule has 0 bridgehead atoms. The van der Waals surface area contributed by atoms with E-state index in [1.807, 2.05) is 38.1 Å². The van der Waals surface area contributed by atoms with E-state index in [1.54, 1.807) is 4.90 Å². The number of rotatable bonds is 5. The zero-order valence-electron chi connectivity index (χ0n) is 14.8. The van der Waals surface area contributed by atoms with Crippen molar-refractivity contribution in [3.05, 3.63) is 70.6 Å². The van der Waals surface area contributed by atoms with Gasteiger partial charge in [0.1, 0.15) is 5.58 Å². The first-order chi connectivity index (χ1) is 11.9. The molecule has 1 aliphatic heterocycles. The molecular formula is C21H23NO3. The summed E-state index contributed by atoms with van der Waals surface area (Å²) in [6.07, 6.45) is 5.94. The highest BCUT2D eigenvalue weighted by Crippen LogP contribution is 2.39. The topological polar surface area (TPSA) is 50.5 Å². The van der Waals surface area contributed by atoms with E-state index in [0.717, 1.165) is 17.5 Å². The largest absolute Gasteiger partial charge is 0.451 e. The van der Waals surface area contributed by atoms with E-state index in [1.165, 1.54) is 6.07 Å². The molecule has 4 heteroatoms. The minimum absolute atomic E-state index is 0.0953. The molecule has 1 aromatic heterocycles. The van der Waals surface area contributed by atoms with Crippen LogP contribution in [0.2, 0.25) is 0 Å². The predicted octanol–water partition coefficient (Wildman–Crippen LogP) is 4.15. The highest BCUT2D eigenvalue weighted by molar-refractivity contribution is 5.94. The molecular weight excluding hydrogens is 314 g/mol. The summed E-state index contributed by atoms with van der Waals surface area (Å²) < 4.78 is 5.80. The van der Waals surface area contributed by atoms with Crippen LogP contribution in [0.4, 0.5) is 0 Å². The van der Waals surface area contributed by atoms with Crippen molar-refractivity contribution < 1.29 is 9.21 Å². The molecule has 2 heterocycles. The Kier molecular flexibility index (Phi) is 4.38. The summed E-state index contributed by atoms with van der Waals surface area (Å²) in [5.74, 6) is -0.148. The third-order valence-corrected chi connectivity index (χ3v) is 5.22. The van der Waals surface area contributed by atoms with Crippen molar-refractivity contribution in [3.63, 3.8) is 0 Å². The molecule has 4 nitrogen and oxygen atoms in total. The molecule has 0 N–H and O–H groups in total. The SMILES string of the molecule is C=CCC1(CC=C)CCN1C(=O)c1cc(=O)c2cc(C)c(C)cc2o1. The maximum absolute atomic E-state index is 13.0. The smallest absolute Gasteiger partial charge is 0.290 e. The molecule has 0 radical (unpaired) electrons. The fourth-order valence-electron chi connectivity index (χ4n) is 3.55. The maximum Gasteiger partial charge on any atom is 0.290 e. The van der Waals surface area contributed by atoms with E-state index < -0.39 is 0 Å². The number of likely N-dealkylation sites (tertiary alicyclic amines) is 1. The highest BCUT2D eigenvalue weighted by Gasteiger charge is 2.46. The van der Waals surface area contributed by atoms with Crippen molar-refractivity contribution in [3.8, 4) is 0 Å². The van der Waals surface area contributed by atoms with Crippen LogP contribution in [0, 0.1) is 13.8 Å². The average molecular weight is 337 g/mol. The van der Waals surface area contributed by atoms with Crippen molar-refractivity contribution in [2.75, 3.05) is 6.54 Å². The molecule has 130 valence electrons. The second-order valence-corrected chi connectivity index (χ2v) is 6.82. The average Bonchev–Trinajstić information content (AvgIpc) is 2.55. The molecule has 0 spiro atoms. The van der Waals surface area contributed by atoms with Gasteiger partial charge in [-0.15, -0.1) is 13.2 Å². The third kappa shape index (κ3) is 2.82. The Labute approximate surface area is 147 Å². The van der Waals surface area contributed by atoms with Gasteiger partial charge in [-0.1, -0.05) is 12.2 Å². The second-order valence-electron chi connectivity index (χ2n) is 6.82. The van der Waals surface area contributed by atoms with Crippen LogP contribution in [-0.4, -0.2) is 22.9 Å². The van der Waals surface area contributed by atoms with Crippen molar-refractivity contribution in [2.45, 2.75) is 38.6 Å². The van der Waals surface area contributed by atoms with Crippen LogP contribution in [0.3, 0.4) is 0 Å². The van der Waals surface area contributed by atoms with Gasteiger partial charge in [0.2, 0.25) is 0 Å². The Hall–Kier alpha value is -2.62. The Balaban J connectivity index is 2.03. The van der Waals surface area contributed by atoms with Crippen molar-refractivity contribution in [1.29, 1.82) is 0 Å². The lowest BCUT2D eigenvalue weighted by molar-refractivity contribution is -0.00251. The standard InChI is InChI=1S/C21H23NO3/c1-5-7-21(8-6-2)9-10-22(21)20(24)19-13-17(23)16-11-14(3)15(4)12-18(16)25-19/h5-6,11-13H,1-2,7-10H2,3-4H3. The van der Waals surface area contributed by atoms with Gasteiger partial charge in [-0.3, -0.25) is 9.59 Å². The van der Waals surface area contributed by atoms with Gasteiger partial charge in [0.15, 0.2) is 11.2 Å². The first-order valence-electron chi connectivity index (χ1n) is 8.51. The summed E-state index contributed by atoms with van der Waals surface area (Å²) in [6, 6.07) is 4.94. The minimum Gasteiger partial charge on any atom is -0.451 e. The lowest BCUT2D eigenvalue weighted by atomic mass is 9.78. The number of benzene rings is 1. The van der Waals surface area contributed by atoms with Crippen LogP contribution in [0.25, 0.3) is 11.0 Å². The quantitative estimate of drug-likeness (QED) is 0.770. The van der Waals surface area contributed by atoms with Gasteiger partial charge >= 0.3 is 0 Å². The first kappa shape index (κ1) is 17.2. The summed E-state index contributed by atoms with van der Waals surface area (Å²) in [7, 11) is 0. The fraction of sp³-hybridized carbons (Fsp3) is 0.333. The number of nitrogens with zero attached hydrogens (tertiary/aromatic N) is 1. The summed E-state index contributed by atoms with van der Waals surface area (Å²) in [6.45, 7) is 12.2. The molecule has 1 fully saturated rings. The number of carbonyl (C=O) groups excluding carboxylic acids is 1. The summed E-state index contributed by atoms with van der Waals surface area (Å²) in [4.78, 5) is 27.2. The summed E-state index contributed by atoms with van der Waals surface area (Å²) >= 11 is 0. The molecule has 2 aromatic rings. The number of hydrogen-bond acceptors (Lipinski definition) is 3. The Morgan fingerprint density at radius 3 is 2.40 bits per heavy atom. The molecule has 0 unspecified atom stereocenters. The Morgan fingerprint density at radius 2 is 1.84 bits per heavy atom. The van der Waals surface area contributed by atoms with Crippen molar-refractivity contribution in [2.24, 2.45) is 0 Å². The van der Waals surface area contributed by atoms with Crippen LogP contribution in [0.1, 0.15) is 40.9 Å². The number of carbonyl (C=O) groups is 1. The van der Waals surface area contributed by atoms with Crippen LogP contribution in [0.15, 0.2) is 52.7 Å². The van der Waals surface area contributed by atoms with Crippen LogP contribution >= 0.6 is 0 Å². The van der Waals surface area contributed by atoms with E-state index in [4.69, 9.17) is 4.42 Å². The summed E-state index contributed by atoms with van der Waals surface area (Å²) in [5, 5.41) is 0.506. The molecule has 1 saturated heterocycles. The normalized spacial score (nSPS) is 15.7. The van der Waals surface area contributed by atoms with Gasteiger partial charge in [0.25, 0.3) is 5.91 Å². The number of hydrogen-bond donors (Lipinski definition) is 0. The van der Waals surface area contributed by atoms with Gasteiger partial charge in [0.05, 0.1) is 10.9 Å². The van der Waals surface area contributed by atoms with Gasteiger partial charge < -0.3 is 9.32 Å². The molecule has 3 rings (SSSR count). The van der Waals surface area contributed by atoms with Gasteiger partial charge in [0, 0.05) is 12.6 Å². The van der Waals surface area contributed by atoms with Gasteiger partial charge in [-0.05, 0) is 56.4 Å². The number of fused-ring (bicyclic) bond motifs is 1. The lowest BCUT2D eigenvalue weighted by Crippen LogP contribution is -2.61. The predicted molar refractivity (Wildman–Crippen MR) is 100.0 cm³/mol. The molecule has 25 heavy (non-hydrogen) atoms. The Bertz CT molecular complexity index is 913. The minimum atomic E-state index is -0.294. The van der Waals surface area contributed by atoms with Gasteiger partial charge in [-0.2, -0.15) is 0 Å². The Morgan fingerprint density at radius 1 is 1.20 bits per heavy atom. The van der Waals surface area contributed by atoms with E-state index in [0.29, 0.717) is 30.4 Å². The third-order valence-electron chi connectivity index (χ3n) is 5.22. The second kappa shape index (κ2) is 6.36. The van der Waals surface area contributed by atoms with Crippen molar-refractivity contribution >= 4 is 16.9 Å². The summed E-state index contributed by atoms with van der Waals surface area (Å²) in [5.41, 5.74) is 2.02. The lowest BCUT2D eigenvalue weighted by Gasteiger charge is -2.52. The van der Waals surface area contributed by atoms with Crippen LogP contribution in [-0.2, 0) is 0 Å². The highest BCUT2D eigenvalue weighted by atomic mass is 16.3. The molecule has 1 aromatic carbocycles. The van der Waals surface area contributed by atoms with Crippen LogP contribution < -0.4 is 5.43 Å². The molecule has 0 aliphatic carbocycles. The first-order valence-corrected chi connectivity index (χ1v) is 8.51. The van der Waals surface area contributed by atoms with E-state index in [9.17, 15) is 9.59 Å². The zero-order chi connectivity index (χ0) is 18.2.